The first-order chi connectivity index (χ1) is 15.4. The summed E-state index contributed by atoms with van der Waals surface area (Å²) in [7, 11) is 4.52. The predicted octanol–water partition coefficient (Wildman–Crippen LogP) is 1.69. The molecule has 2 aromatic heterocycles. The zero-order valence-electron chi connectivity index (χ0n) is 18.4. The number of methoxy groups -OCH3 is 1. The smallest absolute Gasteiger partial charge is 0.331 e. The Morgan fingerprint density at radius 2 is 1.94 bits per heavy atom. The van der Waals surface area contributed by atoms with Crippen molar-refractivity contribution < 1.29 is 13.9 Å². The fraction of sp³-hybridized carbons (Fsp3) is 0.391. The molecule has 168 valence electrons. The van der Waals surface area contributed by atoms with E-state index >= 15 is 0 Å². The van der Waals surface area contributed by atoms with Crippen molar-refractivity contribution in [3.05, 3.63) is 80.3 Å². The number of hydrogen-bond acceptors (Lipinski definition) is 6. The van der Waals surface area contributed by atoms with Crippen LogP contribution in [0.5, 0.6) is 5.75 Å². The molecule has 0 spiro atoms. The molecule has 0 radical (unpaired) electrons. The highest BCUT2D eigenvalue weighted by Crippen LogP contribution is 2.28. The maximum Gasteiger partial charge on any atom is 0.331 e. The second-order valence-electron chi connectivity index (χ2n) is 8.05. The molecule has 1 aromatic carbocycles. The molecule has 0 aliphatic carbocycles. The third kappa shape index (κ3) is 4.23. The molecule has 3 aromatic rings. The average molecular weight is 438 g/mol. The lowest BCUT2D eigenvalue weighted by molar-refractivity contribution is 0.0685. The van der Waals surface area contributed by atoms with Crippen molar-refractivity contribution in [2.45, 2.75) is 25.2 Å². The van der Waals surface area contributed by atoms with Crippen molar-refractivity contribution in [2.24, 2.45) is 14.1 Å². The second-order valence-corrected chi connectivity index (χ2v) is 8.05. The van der Waals surface area contributed by atoms with Crippen LogP contribution in [-0.4, -0.2) is 45.1 Å². The average Bonchev–Trinajstić information content (AvgIpc) is 3.28. The fourth-order valence-corrected chi connectivity index (χ4v) is 4.00. The van der Waals surface area contributed by atoms with Gasteiger partial charge in [0, 0.05) is 39.7 Å². The Labute approximate surface area is 184 Å². The lowest BCUT2D eigenvalue weighted by Crippen LogP contribution is -2.44. The molecule has 1 aliphatic rings. The third-order valence-corrected chi connectivity index (χ3v) is 5.91. The minimum Gasteiger partial charge on any atom is -0.497 e. The molecule has 0 bridgehead atoms. The summed E-state index contributed by atoms with van der Waals surface area (Å²) in [6, 6.07) is 8.99. The fourth-order valence-electron chi connectivity index (χ4n) is 4.00. The summed E-state index contributed by atoms with van der Waals surface area (Å²) in [5, 5.41) is 0. The molecule has 0 saturated carbocycles. The van der Waals surface area contributed by atoms with E-state index < -0.39 is 11.2 Å². The maximum atomic E-state index is 13.1. The summed E-state index contributed by atoms with van der Waals surface area (Å²) in [6.07, 6.45) is 3.97. The molecule has 1 fully saturated rings. The summed E-state index contributed by atoms with van der Waals surface area (Å²) < 4.78 is 13.4. The molecule has 9 nitrogen and oxygen atoms in total. The van der Waals surface area contributed by atoms with Crippen LogP contribution in [0.1, 0.15) is 46.5 Å². The van der Waals surface area contributed by atoms with Gasteiger partial charge >= 0.3 is 5.69 Å². The highest BCUT2D eigenvalue weighted by Gasteiger charge is 2.29. The predicted molar refractivity (Wildman–Crippen MR) is 117 cm³/mol. The molecule has 4 rings (SSSR count). The third-order valence-electron chi connectivity index (χ3n) is 5.91. The molecular formula is C23H26N4O5. The molecule has 1 saturated heterocycles. The molecule has 0 N–H and O–H groups in total. The number of benzene rings is 1. The van der Waals surface area contributed by atoms with Crippen molar-refractivity contribution in [1.29, 1.82) is 0 Å². The maximum absolute atomic E-state index is 13.1. The molecular weight excluding hydrogens is 412 g/mol. The Morgan fingerprint density at radius 3 is 2.66 bits per heavy atom. The number of nitrogens with zero attached hydrogens (tertiary/aromatic N) is 4. The normalized spacial score (nSPS) is 16.2. The van der Waals surface area contributed by atoms with Gasteiger partial charge in [-0.25, -0.2) is 9.78 Å². The molecule has 32 heavy (non-hydrogen) atoms. The van der Waals surface area contributed by atoms with E-state index in [9.17, 15) is 14.4 Å². The van der Waals surface area contributed by atoms with E-state index in [1.54, 1.807) is 18.2 Å². The highest BCUT2D eigenvalue weighted by molar-refractivity contribution is 5.92. The number of amides is 1. The summed E-state index contributed by atoms with van der Waals surface area (Å²) in [5.41, 5.74) is 0.151. The van der Waals surface area contributed by atoms with Gasteiger partial charge < -0.3 is 14.1 Å². The van der Waals surface area contributed by atoms with Crippen LogP contribution in [0.15, 0.2) is 50.5 Å². The zero-order chi connectivity index (χ0) is 22.8. The molecule has 1 amide bonds. The lowest BCUT2D eigenvalue weighted by Gasteiger charge is -2.31. The molecule has 1 aliphatic heterocycles. The second kappa shape index (κ2) is 8.86. The SMILES string of the molecule is COc1ccc(Cc2cnc(C3CCCN(C(=O)c4cc(=O)n(C)c(=O)n4C)C3)o2)cc1. The van der Waals surface area contributed by atoms with Gasteiger partial charge in [0.1, 0.15) is 17.2 Å². The quantitative estimate of drug-likeness (QED) is 0.601. The van der Waals surface area contributed by atoms with Crippen LogP contribution in [0.25, 0.3) is 0 Å². The Bertz CT molecular complexity index is 1240. The number of piperidine rings is 1. The minimum atomic E-state index is -0.523. The Hall–Kier alpha value is -3.62. The van der Waals surface area contributed by atoms with Crippen molar-refractivity contribution in [1.82, 2.24) is 19.0 Å². The molecule has 1 unspecified atom stereocenters. The van der Waals surface area contributed by atoms with Gasteiger partial charge in [-0.2, -0.15) is 0 Å². The number of aromatic nitrogens is 3. The van der Waals surface area contributed by atoms with Crippen molar-refractivity contribution >= 4 is 5.91 Å². The van der Waals surface area contributed by atoms with E-state index in [2.05, 4.69) is 4.98 Å². The number of carbonyl (C=O) groups excluding carboxylic acids is 1. The summed E-state index contributed by atoms with van der Waals surface area (Å²) in [4.78, 5) is 43.4. The monoisotopic (exact) mass is 438 g/mol. The Balaban J connectivity index is 1.48. The van der Waals surface area contributed by atoms with E-state index in [0.717, 1.165) is 34.5 Å². The van der Waals surface area contributed by atoms with E-state index in [1.807, 2.05) is 24.3 Å². The van der Waals surface area contributed by atoms with Crippen LogP contribution >= 0.6 is 0 Å². The van der Waals surface area contributed by atoms with E-state index in [-0.39, 0.29) is 17.5 Å². The number of likely N-dealkylation sites (tertiary alicyclic amines) is 1. The lowest BCUT2D eigenvalue weighted by atomic mass is 9.97. The highest BCUT2D eigenvalue weighted by atomic mass is 16.5. The van der Waals surface area contributed by atoms with Gasteiger partial charge in [-0.3, -0.25) is 18.7 Å². The van der Waals surface area contributed by atoms with Crippen LogP contribution in [0.3, 0.4) is 0 Å². The Morgan fingerprint density at radius 1 is 1.19 bits per heavy atom. The molecule has 9 heteroatoms. The number of carbonyl (C=O) groups is 1. The van der Waals surface area contributed by atoms with Crippen LogP contribution in [-0.2, 0) is 20.5 Å². The van der Waals surface area contributed by atoms with Gasteiger partial charge in [-0.05, 0) is 30.5 Å². The van der Waals surface area contributed by atoms with E-state index in [4.69, 9.17) is 9.15 Å². The first-order valence-corrected chi connectivity index (χ1v) is 10.5. The van der Waals surface area contributed by atoms with E-state index in [0.29, 0.717) is 25.4 Å². The number of ether oxygens (including phenoxy) is 1. The van der Waals surface area contributed by atoms with Crippen LogP contribution in [0.4, 0.5) is 0 Å². The van der Waals surface area contributed by atoms with Gasteiger partial charge in [0.15, 0.2) is 5.89 Å². The first kappa shape index (κ1) is 21.6. The van der Waals surface area contributed by atoms with Crippen molar-refractivity contribution in [3.8, 4) is 5.75 Å². The van der Waals surface area contributed by atoms with Gasteiger partial charge in [0.25, 0.3) is 11.5 Å². The molecule has 3 heterocycles. The standard InChI is InChI=1S/C23H26N4O5/c1-25-19(12-20(28)26(2)23(25)30)22(29)27-10-4-5-16(14-27)21-24-13-18(32-21)11-15-6-8-17(31-3)9-7-15/h6-9,12-13,16H,4-5,10-11,14H2,1-3H3. The van der Waals surface area contributed by atoms with Crippen LogP contribution in [0, 0.1) is 0 Å². The zero-order valence-corrected chi connectivity index (χ0v) is 18.4. The number of rotatable bonds is 5. The molecule has 1 atom stereocenters. The van der Waals surface area contributed by atoms with Gasteiger partial charge in [0.05, 0.1) is 19.2 Å². The number of hydrogen-bond donors (Lipinski definition) is 0. The van der Waals surface area contributed by atoms with Gasteiger partial charge in [0.2, 0.25) is 0 Å². The van der Waals surface area contributed by atoms with Gasteiger partial charge in [-0.1, -0.05) is 12.1 Å². The van der Waals surface area contributed by atoms with Crippen molar-refractivity contribution in [3.63, 3.8) is 0 Å². The first-order valence-electron chi connectivity index (χ1n) is 10.5. The summed E-state index contributed by atoms with van der Waals surface area (Å²) in [6.45, 7) is 0.975. The van der Waals surface area contributed by atoms with Crippen molar-refractivity contribution in [2.75, 3.05) is 20.2 Å². The minimum absolute atomic E-state index is 0.0408. The topological polar surface area (TPSA) is 99.6 Å². The van der Waals surface area contributed by atoms with Crippen LogP contribution < -0.4 is 16.0 Å². The summed E-state index contributed by atoms with van der Waals surface area (Å²) >= 11 is 0. The Kier molecular flexibility index (Phi) is 5.98. The summed E-state index contributed by atoms with van der Waals surface area (Å²) in [5.74, 6) is 1.78. The van der Waals surface area contributed by atoms with Crippen LogP contribution in [0.2, 0.25) is 0 Å². The largest absolute Gasteiger partial charge is 0.497 e. The van der Waals surface area contributed by atoms with Gasteiger partial charge in [-0.15, -0.1) is 0 Å². The van der Waals surface area contributed by atoms with E-state index in [1.165, 1.54) is 24.7 Å². The number of oxazole rings is 1.